The summed E-state index contributed by atoms with van der Waals surface area (Å²) in [7, 11) is 0. The Bertz CT molecular complexity index is 1290. The Labute approximate surface area is 219 Å². The lowest BCUT2D eigenvalue weighted by Gasteiger charge is -2.23. The van der Waals surface area contributed by atoms with Crippen LogP contribution in [0.15, 0.2) is 97.1 Å². The van der Waals surface area contributed by atoms with Crippen LogP contribution < -0.4 is 18.9 Å². The molecule has 0 fully saturated rings. The van der Waals surface area contributed by atoms with E-state index < -0.39 is 11.9 Å². The Balaban J connectivity index is 1.29. The number of ether oxygens (including phenoxy) is 4. The molecule has 0 amide bonds. The van der Waals surface area contributed by atoms with Crippen LogP contribution in [0.5, 0.6) is 34.5 Å². The predicted molar refractivity (Wildman–Crippen MR) is 139 cm³/mol. The molecule has 194 valence electrons. The fraction of sp³-hybridized carbons (Fsp3) is 0.133. The van der Waals surface area contributed by atoms with E-state index in [1.807, 2.05) is 13.8 Å². The van der Waals surface area contributed by atoms with Crippen LogP contribution in [0.3, 0.4) is 0 Å². The zero-order chi connectivity index (χ0) is 27.1. The summed E-state index contributed by atoms with van der Waals surface area (Å²) in [6.07, 6.45) is -0.695. The van der Waals surface area contributed by atoms with Crippen molar-refractivity contribution in [2.45, 2.75) is 26.1 Å². The van der Waals surface area contributed by atoms with Crippen molar-refractivity contribution in [1.82, 2.24) is 0 Å². The summed E-state index contributed by atoms with van der Waals surface area (Å²) in [5, 5.41) is 19.5. The molecule has 4 rings (SSSR count). The third-order valence-corrected chi connectivity index (χ3v) is 5.62. The summed E-state index contributed by atoms with van der Waals surface area (Å²) >= 11 is 0. The smallest absolute Gasteiger partial charge is 0.343 e. The molecule has 0 aliphatic rings. The number of benzene rings is 4. The highest BCUT2D eigenvalue weighted by Gasteiger charge is 2.18. The van der Waals surface area contributed by atoms with Crippen LogP contribution in [-0.2, 0) is 0 Å². The van der Waals surface area contributed by atoms with Crippen molar-refractivity contribution >= 4 is 11.9 Å². The van der Waals surface area contributed by atoms with E-state index in [9.17, 15) is 19.8 Å². The van der Waals surface area contributed by atoms with E-state index in [4.69, 9.17) is 18.9 Å². The van der Waals surface area contributed by atoms with Gasteiger partial charge in [-0.15, -0.1) is 0 Å². The molecule has 0 bridgehead atoms. The molecular formula is C30H26O8. The summed E-state index contributed by atoms with van der Waals surface area (Å²) < 4.78 is 22.3. The Morgan fingerprint density at radius 1 is 0.553 bits per heavy atom. The number of carbonyl (C=O) groups excluding carboxylic acids is 2. The first-order valence-electron chi connectivity index (χ1n) is 11.8. The van der Waals surface area contributed by atoms with Gasteiger partial charge in [0.1, 0.15) is 23.7 Å². The molecule has 2 unspecified atom stereocenters. The quantitative estimate of drug-likeness (QED) is 0.214. The van der Waals surface area contributed by atoms with Gasteiger partial charge in [-0.1, -0.05) is 24.3 Å². The molecule has 0 saturated carbocycles. The molecule has 38 heavy (non-hydrogen) atoms. The molecule has 0 radical (unpaired) electrons. The van der Waals surface area contributed by atoms with Gasteiger partial charge in [-0.2, -0.15) is 0 Å². The normalized spacial score (nSPS) is 12.2. The molecule has 4 aromatic rings. The van der Waals surface area contributed by atoms with Gasteiger partial charge in [-0.05, 0) is 86.6 Å². The molecule has 4 aromatic carbocycles. The standard InChI is InChI=1S/C30H26O8/c1-19(35-23-15-11-21(12-16-23)29(33)37-27-9-5-3-7-25(27)31)20(2)36-24-17-13-22(14-18-24)30(34)38-28-10-6-4-8-26(28)32/h3-20,31-32H,1-2H3. The van der Waals surface area contributed by atoms with Crippen molar-refractivity contribution in [2.24, 2.45) is 0 Å². The molecular weight excluding hydrogens is 488 g/mol. The van der Waals surface area contributed by atoms with Gasteiger partial charge in [-0.3, -0.25) is 0 Å². The van der Waals surface area contributed by atoms with Gasteiger partial charge in [-0.25, -0.2) is 9.59 Å². The van der Waals surface area contributed by atoms with Crippen LogP contribution in [0.1, 0.15) is 34.6 Å². The van der Waals surface area contributed by atoms with Crippen molar-refractivity contribution in [3.63, 3.8) is 0 Å². The Hall–Kier alpha value is -4.98. The third kappa shape index (κ3) is 6.61. The minimum absolute atomic E-state index is 0.0813. The average molecular weight is 515 g/mol. The van der Waals surface area contributed by atoms with Crippen molar-refractivity contribution in [3.8, 4) is 34.5 Å². The number of para-hydroxylation sites is 4. The first-order chi connectivity index (χ1) is 18.3. The first-order valence-corrected chi connectivity index (χ1v) is 11.8. The molecule has 0 aliphatic heterocycles. The topological polar surface area (TPSA) is 112 Å². The van der Waals surface area contributed by atoms with Crippen molar-refractivity contribution < 1.29 is 38.7 Å². The van der Waals surface area contributed by atoms with Gasteiger partial charge in [0, 0.05) is 0 Å². The van der Waals surface area contributed by atoms with Gasteiger partial charge in [0.2, 0.25) is 0 Å². The summed E-state index contributed by atoms with van der Waals surface area (Å²) in [5.74, 6) is -0.206. The van der Waals surface area contributed by atoms with Gasteiger partial charge < -0.3 is 29.2 Å². The predicted octanol–water partition coefficient (Wildman–Crippen LogP) is 5.77. The second-order valence-corrected chi connectivity index (χ2v) is 8.41. The second kappa shape index (κ2) is 11.8. The number of hydrogen-bond donors (Lipinski definition) is 2. The fourth-order valence-electron chi connectivity index (χ4n) is 3.36. The van der Waals surface area contributed by atoms with E-state index >= 15 is 0 Å². The van der Waals surface area contributed by atoms with E-state index in [0.717, 1.165) is 0 Å². The van der Waals surface area contributed by atoms with Crippen LogP contribution in [0.2, 0.25) is 0 Å². The van der Waals surface area contributed by atoms with Gasteiger partial charge in [0.15, 0.2) is 23.0 Å². The number of carbonyl (C=O) groups is 2. The number of phenols is 2. The minimum atomic E-state index is -0.601. The SMILES string of the molecule is CC(Oc1ccc(C(=O)Oc2ccccc2O)cc1)C(C)Oc1ccc(C(=O)Oc2ccccc2O)cc1. The Morgan fingerprint density at radius 2 is 0.895 bits per heavy atom. The van der Waals surface area contributed by atoms with E-state index in [-0.39, 0.29) is 35.2 Å². The Morgan fingerprint density at radius 3 is 1.24 bits per heavy atom. The zero-order valence-electron chi connectivity index (χ0n) is 20.7. The first kappa shape index (κ1) is 26.1. The monoisotopic (exact) mass is 514 g/mol. The van der Waals surface area contributed by atoms with E-state index in [2.05, 4.69) is 0 Å². The molecule has 0 saturated heterocycles. The summed E-state index contributed by atoms with van der Waals surface area (Å²) in [6.45, 7) is 3.70. The average Bonchev–Trinajstić information content (AvgIpc) is 2.92. The maximum absolute atomic E-state index is 12.3. The highest BCUT2D eigenvalue weighted by molar-refractivity contribution is 5.92. The van der Waals surface area contributed by atoms with Crippen LogP contribution in [0, 0.1) is 0 Å². The maximum atomic E-state index is 12.3. The fourth-order valence-corrected chi connectivity index (χ4v) is 3.36. The number of rotatable bonds is 9. The molecule has 8 heteroatoms. The van der Waals surface area contributed by atoms with Gasteiger partial charge in [0.25, 0.3) is 0 Å². The zero-order valence-corrected chi connectivity index (χ0v) is 20.7. The summed E-state index contributed by atoms with van der Waals surface area (Å²) in [4.78, 5) is 24.7. The molecule has 0 spiro atoms. The number of esters is 2. The molecule has 0 aromatic heterocycles. The number of aromatic hydroxyl groups is 2. The molecule has 2 N–H and O–H groups in total. The lowest BCUT2D eigenvalue weighted by Crippen LogP contribution is -2.31. The second-order valence-electron chi connectivity index (χ2n) is 8.41. The molecule has 0 heterocycles. The van der Waals surface area contributed by atoms with Crippen LogP contribution in [0.25, 0.3) is 0 Å². The third-order valence-electron chi connectivity index (χ3n) is 5.62. The lowest BCUT2D eigenvalue weighted by molar-refractivity contribution is 0.0717. The van der Waals surface area contributed by atoms with Crippen molar-refractivity contribution in [1.29, 1.82) is 0 Å². The summed E-state index contributed by atoms with van der Waals surface area (Å²) in [5.41, 5.74) is 0.609. The molecule has 8 nitrogen and oxygen atoms in total. The lowest BCUT2D eigenvalue weighted by atomic mass is 10.2. The van der Waals surface area contributed by atoms with Crippen molar-refractivity contribution in [3.05, 3.63) is 108 Å². The highest BCUT2D eigenvalue weighted by Crippen LogP contribution is 2.27. The van der Waals surface area contributed by atoms with Gasteiger partial charge >= 0.3 is 11.9 Å². The largest absolute Gasteiger partial charge is 0.504 e. The molecule has 0 aliphatic carbocycles. The summed E-state index contributed by atoms with van der Waals surface area (Å²) in [6, 6.07) is 25.3. The Kier molecular flexibility index (Phi) is 8.13. The van der Waals surface area contributed by atoms with Crippen molar-refractivity contribution in [2.75, 3.05) is 0 Å². The van der Waals surface area contributed by atoms with Gasteiger partial charge in [0.05, 0.1) is 11.1 Å². The van der Waals surface area contributed by atoms with Crippen LogP contribution >= 0.6 is 0 Å². The van der Waals surface area contributed by atoms with E-state index in [1.165, 1.54) is 24.3 Å². The van der Waals surface area contributed by atoms with Crippen LogP contribution in [0.4, 0.5) is 0 Å². The minimum Gasteiger partial charge on any atom is -0.504 e. The van der Waals surface area contributed by atoms with Crippen LogP contribution in [-0.4, -0.2) is 34.4 Å². The number of phenolic OH excluding ortho intramolecular Hbond substituents is 2. The van der Waals surface area contributed by atoms with E-state index in [0.29, 0.717) is 22.6 Å². The van der Waals surface area contributed by atoms with E-state index in [1.54, 1.807) is 72.8 Å². The highest BCUT2D eigenvalue weighted by atomic mass is 16.6. The number of hydrogen-bond acceptors (Lipinski definition) is 8. The maximum Gasteiger partial charge on any atom is 0.343 e. The molecule has 2 atom stereocenters.